The average Bonchev–Trinajstić information content (AvgIpc) is 3.05. The zero-order valence-electron chi connectivity index (χ0n) is 24.5. The second kappa shape index (κ2) is 14.8. The Morgan fingerprint density at radius 3 is 2.50 bits per heavy atom. The molecule has 2 fully saturated rings. The molecule has 0 amide bonds. The summed E-state index contributed by atoms with van der Waals surface area (Å²) in [7, 11) is 0. The van der Waals surface area contributed by atoms with Gasteiger partial charge in [-0.25, -0.2) is 0 Å². The third kappa shape index (κ3) is 7.99. The molecule has 2 aliphatic heterocycles. The smallest absolute Gasteiger partial charge is 0.157 e. The molecular weight excluding hydrogens is 522 g/mol. The van der Waals surface area contributed by atoms with Gasteiger partial charge in [-0.3, -0.25) is 4.90 Å². The van der Waals surface area contributed by atoms with Crippen LogP contribution in [0.2, 0.25) is 0 Å². The normalized spacial score (nSPS) is 21.4. The number of hydrogen-bond donors (Lipinski definition) is 0. The van der Waals surface area contributed by atoms with Gasteiger partial charge in [0.25, 0.3) is 0 Å². The number of fused-ring (bicyclic) bond motifs is 1. The van der Waals surface area contributed by atoms with Gasteiger partial charge in [-0.1, -0.05) is 78.9 Å². The summed E-state index contributed by atoms with van der Waals surface area (Å²) in [6, 6.07) is 34.5. The lowest BCUT2D eigenvalue weighted by Gasteiger charge is -2.39. The van der Waals surface area contributed by atoms with Crippen LogP contribution in [0.3, 0.4) is 0 Å². The van der Waals surface area contributed by atoms with E-state index in [-0.39, 0.29) is 12.4 Å². The summed E-state index contributed by atoms with van der Waals surface area (Å²) in [4.78, 5) is 2.53. The number of likely N-dealkylation sites (tertiary alicyclic amines) is 1. The summed E-state index contributed by atoms with van der Waals surface area (Å²) in [5, 5.41) is 2.52. The van der Waals surface area contributed by atoms with Gasteiger partial charge in [0, 0.05) is 32.0 Å². The van der Waals surface area contributed by atoms with Gasteiger partial charge in [-0.15, -0.1) is 0 Å². The molecule has 4 aromatic carbocycles. The lowest BCUT2D eigenvalue weighted by molar-refractivity contribution is -0.163. The van der Waals surface area contributed by atoms with E-state index in [9.17, 15) is 0 Å². The Labute approximate surface area is 250 Å². The van der Waals surface area contributed by atoms with Crippen LogP contribution < -0.4 is 4.74 Å². The van der Waals surface area contributed by atoms with Crippen molar-refractivity contribution in [1.29, 1.82) is 0 Å². The van der Waals surface area contributed by atoms with Gasteiger partial charge in [0.1, 0.15) is 5.75 Å². The van der Waals surface area contributed by atoms with Gasteiger partial charge >= 0.3 is 0 Å². The highest BCUT2D eigenvalue weighted by atomic mass is 16.7. The molecule has 5 heteroatoms. The largest absolute Gasteiger partial charge is 0.493 e. The summed E-state index contributed by atoms with van der Waals surface area (Å²) in [5.74, 6) is 1.23. The van der Waals surface area contributed by atoms with Gasteiger partial charge in [-0.05, 0) is 77.9 Å². The fraction of sp³-hybridized carbons (Fsp3) is 0.405. The summed E-state index contributed by atoms with van der Waals surface area (Å²) in [5.41, 5.74) is 3.85. The summed E-state index contributed by atoms with van der Waals surface area (Å²) < 4.78 is 24.4. The number of hydrogen-bond acceptors (Lipinski definition) is 5. The van der Waals surface area contributed by atoms with E-state index >= 15 is 0 Å². The summed E-state index contributed by atoms with van der Waals surface area (Å²) in [6.45, 7) is 5.60. The minimum absolute atomic E-state index is 0.0404. The van der Waals surface area contributed by atoms with Gasteiger partial charge in [-0.2, -0.15) is 0 Å². The Morgan fingerprint density at radius 1 is 0.738 bits per heavy atom. The number of nitrogens with zero attached hydrogens (tertiary/aromatic N) is 1. The lowest BCUT2D eigenvalue weighted by Crippen LogP contribution is -2.43. The molecule has 2 heterocycles. The maximum absolute atomic E-state index is 6.75. The van der Waals surface area contributed by atoms with Crippen LogP contribution in [-0.2, 0) is 27.4 Å². The van der Waals surface area contributed by atoms with Crippen molar-refractivity contribution in [2.24, 2.45) is 0 Å². The molecule has 0 spiro atoms. The second-order valence-corrected chi connectivity index (χ2v) is 11.6. The molecule has 6 rings (SSSR count). The minimum atomic E-state index is -0.0404. The zero-order chi connectivity index (χ0) is 28.4. The van der Waals surface area contributed by atoms with Crippen LogP contribution in [-0.4, -0.2) is 50.2 Å². The molecule has 3 unspecified atom stereocenters. The van der Waals surface area contributed by atoms with Gasteiger partial charge < -0.3 is 18.9 Å². The SMILES string of the molecule is c1ccc(CN2CCC(c3cccc(OCCCOC4CCCCO4)c3)C(OCc3ccc4ccccc4c3)C2)cc1. The van der Waals surface area contributed by atoms with E-state index < -0.39 is 0 Å². The van der Waals surface area contributed by atoms with Crippen LogP contribution in [0.25, 0.3) is 10.8 Å². The third-order valence-corrected chi connectivity index (χ3v) is 8.46. The van der Waals surface area contributed by atoms with E-state index in [0.29, 0.717) is 25.7 Å². The molecule has 3 atom stereocenters. The molecule has 0 aromatic heterocycles. The number of benzene rings is 4. The fourth-order valence-electron chi connectivity index (χ4n) is 6.19. The van der Waals surface area contributed by atoms with Gasteiger partial charge in [0.2, 0.25) is 0 Å². The highest BCUT2D eigenvalue weighted by Crippen LogP contribution is 2.33. The second-order valence-electron chi connectivity index (χ2n) is 11.6. The number of piperidine rings is 1. The predicted octanol–water partition coefficient (Wildman–Crippen LogP) is 7.73. The molecule has 0 aliphatic carbocycles. The Bertz CT molecular complexity index is 1390. The molecule has 0 bridgehead atoms. The lowest BCUT2D eigenvalue weighted by atomic mass is 9.86. The van der Waals surface area contributed by atoms with Crippen molar-refractivity contribution in [3.05, 3.63) is 114 Å². The minimum Gasteiger partial charge on any atom is -0.493 e. The van der Waals surface area contributed by atoms with Crippen LogP contribution in [0.15, 0.2) is 97.1 Å². The molecule has 5 nitrogen and oxygen atoms in total. The Balaban J connectivity index is 1.09. The molecule has 0 saturated carbocycles. The molecule has 2 saturated heterocycles. The van der Waals surface area contributed by atoms with Crippen LogP contribution in [0.1, 0.15) is 54.7 Å². The van der Waals surface area contributed by atoms with E-state index in [2.05, 4.69) is 102 Å². The van der Waals surface area contributed by atoms with Crippen LogP contribution in [0, 0.1) is 0 Å². The van der Waals surface area contributed by atoms with Crippen LogP contribution >= 0.6 is 0 Å². The molecule has 0 radical (unpaired) electrons. The Morgan fingerprint density at radius 2 is 1.62 bits per heavy atom. The molecule has 0 N–H and O–H groups in total. The van der Waals surface area contributed by atoms with Crippen molar-refractivity contribution in [2.75, 3.05) is 32.9 Å². The number of rotatable bonds is 12. The molecular formula is C37H43NO4. The van der Waals surface area contributed by atoms with Crippen molar-refractivity contribution in [1.82, 2.24) is 4.90 Å². The number of ether oxygens (including phenoxy) is 4. The average molecular weight is 566 g/mol. The maximum Gasteiger partial charge on any atom is 0.157 e. The van der Waals surface area contributed by atoms with Crippen LogP contribution in [0.4, 0.5) is 0 Å². The van der Waals surface area contributed by atoms with E-state index in [1.165, 1.54) is 33.9 Å². The monoisotopic (exact) mass is 565 g/mol. The topological polar surface area (TPSA) is 40.2 Å². The van der Waals surface area contributed by atoms with E-state index in [1.807, 2.05) is 0 Å². The first-order valence-electron chi connectivity index (χ1n) is 15.6. The van der Waals surface area contributed by atoms with Gasteiger partial charge in [0.15, 0.2) is 6.29 Å². The first-order chi connectivity index (χ1) is 20.8. The Hall–Kier alpha value is -3.22. The summed E-state index contributed by atoms with van der Waals surface area (Å²) >= 11 is 0. The molecule has 2 aliphatic rings. The van der Waals surface area contributed by atoms with Crippen molar-refractivity contribution in [3.8, 4) is 5.75 Å². The van der Waals surface area contributed by atoms with Crippen LogP contribution in [0.5, 0.6) is 5.75 Å². The zero-order valence-corrected chi connectivity index (χ0v) is 24.5. The van der Waals surface area contributed by atoms with E-state index in [1.54, 1.807) is 0 Å². The van der Waals surface area contributed by atoms with Crippen molar-refractivity contribution in [3.63, 3.8) is 0 Å². The molecule has 220 valence electrons. The van der Waals surface area contributed by atoms with Crippen molar-refractivity contribution >= 4 is 10.8 Å². The summed E-state index contributed by atoms with van der Waals surface area (Å²) in [6.07, 6.45) is 5.27. The van der Waals surface area contributed by atoms with E-state index in [4.69, 9.17) is 18.9 Å². The van der Waals surface area contributed by atoms with Crippen molar-refractivity contribution < 1.29 is 18.9 Å². The highest BCUT2D eigenvalue weighted by molar-refractivity contribution is 5.82. The molecule has 4 aromatic rings. The first kappa shape index (κ1) is 28.9. The standard InChI is InChI=1S/C37H43NO4/c1-2-10-29(11-3-1)26-38-20-19-35(36(27-38)42-28-30-17-18-31-12-4-5-13-32(31)24-30)33-14-8-15-34(25-33)39-22-9-23-41-37-16-6-7-21-40-37/h1-5,8,10-15,17-18,24-25,35-37H,6-7,9,16,19-23,26-28H2. The fourth-order valence-corrected chi connectivity index (χ4v) is 6.19. The Kier molecular flexibility index (Phi) is 10.2. The third-order valence-electron chi connectivity index (χ3n) is 8.46. The maximum atomic E-state index is 6.75. The molecule has 42 heavy (non-hydrogen) atoms. The highest BCUT2D eigenvalue weighted by Gasteiger charge is 2.31. The van der Waals surface area contributed by atoms with Gasteiger partial charge in [0.05, 0.1) is 25.9 Å². The van der Waals surface area contributed by atoms with E-state index in [0.717, 1.165) is 57.7 Å². The predicted molar refractivity (Wildman–Crippen MR) is 168 cm³/mol. The quantitative estimate of drug-likeness (QED) is 0.164. The van der Waals surface area contributed by atoms with Crippen molar-refractivity contribution in [2.45, 2.75) is 63.6 Å². The first-order valence-corrected chi connectivity index (χ1v) is 15.6.